The van der Waals surface area contributed by atoms with E-state index in [2.05, 4.69) is 6.92 Å². The van der Waals surface area contributed by atoms with Gasteiger partial charge in [-0.1, -0.05) is 6.92 Å². The van der Waals surface area contributed by atoms with Gasteiger partial charge in [-0.15, -0.1) is 12.4 Å². The van der Waals surface area contributed by atoms with Crippen LogP contribution in [0, 0.1) is 0 Å². The molecule has 0 atom stereocenters. The lowest BCUT2D eigenvalue weighted by molar-refractivity contribution is 0.399. The van der Waals surface area contributed by atoms with Crippen molar-refractivity contribution in [1.82, 2.24) is 0 Å². The lowest BCUT2D eigenvalue weighted by atomic mass is 10.4. The van der Waals surface area contributed by atoms with Gasteiger partial charge in [-0.2, -0.15) is 0 Å². The molecular formula is C5H14ClMgO+2. The molecule has 0 spiro atoms. The molecule has 7 radical (unpaired) electrons. The topological polar surface area (TPSA) is 20.2 Å². The van der Waals surface area contributed by atoms with Gasteiger partial charge in [0.25, 0.3) is 4.55 Å². The van der Waals surface area contributed by atoms with E-state index < -0.39 is 0 Å². The Hall–Kier alpha value is 1.02. The molecular weight excluding hydrogens is 136 g/mol. The van der Waals surface area contributed by atoms with Crippen molar-refractivity contribution in [3.8, 4) is 0 Å². The summed E-state index contributed by atoms with van der Waals surface area (Å²) in [7, 11) is 1.00. The average Bonchev–Trinajstić information content (AvgIpc) is 1.75. The molecule has 0 bridgehead atoms. The molecule has 0 aromatic rings. The normalized spacial score (nSPS) is 6.00. The van der Waals surface area contributed by atoms with Crippen LogP contribution in [0.3, 0.4) is 0 Å². The zero-order chi connectivity index (χ0) is 6.12. The minimum absolute atomic E-state index is 0. The maximum Gasteiger partial charge on any atom is 1.41 e. The predicted octanol–water partition coefficient (Wildman–Crippen LogP) is 1.40. The van der Waals surface area contributed by atoms with E-state index in [0.29, 0.717) is 0 Å². The third-order valence-corrected chi connectivity index (χ3v) is 1.10. The van der Waals surface area contributed by atoms with E-state index in [1.165, 1.54) is 17.4 Å². The van der Waals surface area contributed by atoms with Crippen molar-refractivity contribution in [2.75, 3.05) is 7.11 Å². The van der Waals surface area contributed by atoms with Crippen molar-refractivity contribution in [1.29, 1.82) is 0 Å². The van der Waals surface area contributed by atoms with Crippen LogP contribution in [0.2, 0.25) is 4.55 Å². The lowest BCUT2D eigenvalue weighted by Crippen LogP contribution is -1.63. The van der Waals surface area contributed by atoms with Gasteiger partial charge in [0.2, 0.25) is 0 Å². The maximum absolute atomic E-state index is 7.00. The fourth-order valence-corrected chi connectivity index (χ4v) is 0.750. The van der Waals surface area contributed by atoms with Crippen LogP contribution in [0.5, 0.6) is 0 Å². The summed E-state index contributed by atoms with van der Waals surface area (Å²) >= 11 is 2.05. The molecule has 0 fully saturated rings. The molecule has 0 unspecified atom stereocenters. The summed E-state index contributed by atoms with van der Waals surface area (Å²) < 4.78 is 1.37. The lowest BCUT2D eigenvalue weighted by Gasteiger charge is -1.65. The summed E-state index contributed by atoms with van der Waals surface area (Å²) in [6, 6.07) is 0. The van der Waals surface area contributed by atoms with E-state index in [-0.39, 0.29) is 12.4 Å². The van der Waals surface area contributed by atoms with Crippen LogP contribution in [0.25, 0.3) is 0 Å². The number of aliphatic hydroxyl groups is 1. The molecule has 47 valence electrons. The number of hydrogen-bond acceptors (Lipinski definition) is 1. The Morgan fingerprint density at radius 3 is 1.75 bits per heavy atom. The van der Waals surface area contributed by atoms with Crippen LogP contribution in [0.1, 0.15) is 19.8 Å². The molecule has 0 aliphatic carbocycles. The predicted molar refractivity (Wildman–Crippen MR) is 40.9 cm³/mol. The van der Waals surface area contributed by atoms with Gasteiger partial charge in [0.05, 0.1) is 0 Å². The Bertz CT molecular complexity index is 19.9. The summed E-state index contributed by atoms with van der Waals surface area (Å²) in [5.41, 5.74) is 0. The minimum Gasteiger partial charge on any atom is -0.400 e. The van der Waals surface area contributed by atoms with Crippen LogP contribution < -0.4 is 0 Å². The van der Waals surface area contributed by atoms with Crippen LogP contribution >= 0.6 is 12.4 Å². The Morgan fingerprint density at radius 2 is 1.75 bits per heavy atom. The number of rotatable bonds is 2. The van der Waals surface area contributed by atoms with Gasteiger partial charge in [0.15, 0.2) is 0 Å². The second kappa shape index (κ2) is 24.5. The smallest absolute Gasteiger partial charge is 0.400 e. The highest BCUT2D eigenvalue weighted by Crippen LogP contribution is 1.86. The first-order valence-electron chi connectivity index (χ1n) is 2.65. The Morgan fingerprint density at radius 1 is 1.38 bits per heavy atom. The van der Waals surface area contributed by atoms with Crippen molar-refractivity contribution >= 4 is 34.1 Å². The number of halogens is 1. The molecule has 0 rings (SSSR count). The molecule has 0 aromatic carbocycles. The van der Waals surface area contributed by atoms with Crippen molar-refractivity contribution < 1.29 is 5.11 Å². The van der Waals surface area contributed by atoms with E-state index in [1.807, 2.05) is 21.7 Å². The van der Waals surface area contributed by atoms with Crippen molar-refractivity contribution in [2.45, 2.75) is 24.3 Å². The fraction of sp³-hybridized carbons (Fsp3) is 1.00. The molecule has 3 heteroatoms. The summed E-state index contributed by atoms with van der Waals surface area (Å²) in [4.78, 5) is 0. The average molecular weight is 150 g/mol. The third-order valence-electron chi connectivity index (χ3n) is 0.604. The van der Waals surface area contributed by atoms with Gasteiger partial charge in [0, 0.05) is 13.5 Å². The molecule has 1 N–H and O–H groups in total. The number of hydrogen-bond donors (Lipinski definition) is 1. The second-order valence-electron chi connectivity index (χ2n) is 1.21. The standard InChI is InChI=1S/C4H9.CH4O.ClH.Mg/c1-3-4-2;1-2;;/h1,3-4H2,2H3;2H,1H3;1H;/q;;;+2. The zero-order valence-corrected chi connectivity index (χ0v) is 7.91. The van der Waals surface area contributed by atoms with Gasteiger partial charge < -0.3 is 5.11 Å². The zero-order valence-electron chi connectivity index (χ0n) is 5.68. The molecule has 0 aromatic heterocycles. The molecule has 1 nitrogen and oxygen atoms in total. The Balaban J connectivity index is -0.0000000750. The summed E-state index contributed by atoms with van der Waals surface area (Å²) in [5.74, 6) is 0. The molecule has 0 amide bonds. The molecule has 0 saturated heterocycles. The van der Waals surface area contributed by atoms with E-state index in [1.54, 1.807) is 0 Å². The molecule has 0 aliphatic rings. The Labute approximate surface area is 70.7 Å². The van der Waals surface area contributed by atoms with Gasteiger partial charge in [-0.3, -0.25) is 0 Å². The van der Waals surface area contributed by atoms with E-state index >= 15 is 0 Å². The molecule has 8 heavy (non-hydrogen) atoms. The summed E-state index contributed by atoms with van der Waals surface area (Å²) in [5, 5.41) is 7.00. The fourth-order valence-electron chi connectivity index (χ4n) is 0.250. The van der Waals surface area contributed by atoms with Crippen molar-refractivity contribution in [3.05, 3.63) is 0 Å². The van der Waals surface area contributed by atoms with E-state index in [4.69, 9.17) is 5.11 Å². The Kier molecular flexibility index (Phi) is 49.0. The van der Waals surface area contributed by atoms with Gasteiger partial charge in [-0.05, 0) is 6.42 Å². The van der Waals surface area contributed by atoms with Crippen molar-refractivity contribution in [2.24, 2.45) is 0 Å². The highest BCUT2D eigenvalue weighted by molar-refractivity contribution is 6.08. The molecule has 0 heterocycles. The van der Waals surface area contributed by atoms with Gasteiger partial charge >= 0.3 is 21.7 Å². The summed E-state index contributed by atoms with van der Waals surface area (Å²) in [6.07, 6.45) is 2.75. The highest BCUT2D eigenvalue weighted by atomic mass is 35.5. The first kappa shape index (κ1) is 16.0. The van der Waals surface area contributed by atoms with E-state index in [9.17, 15) is 0 Å². The van der Waals surface area contributed by atoms with Gasteiger partial charge in [-0.25, -0.2) is 0 Å². The molecule has 0 aliphatic heterocycles. The van der Waals surface area contributed by atoms with E-state index in [0.717, 1.165) is 7.11 Å². The van der Waals surface area contributed by atoms with Crippen LogP contribution in [-0.4, -0.2) is 33.9 Å². The summed E-state index contributed by atoms with van der Waals surface area (Å²) in [6.45, 7) is 2.22. The monoisotopic (exact) mass is 149 g/mol. The second-order valence-corrected chi connectivity index (χ2v) is 1.91. The van der Waals surface area contributed by atoms with Crippen LogP contribution in [-0.2, 0) is 0 Å². The molecule has 0 saturated carbocycles. The largest absolute Gasteiger partial charge is 1.41 e. The number of aliphatic hydroxyl groups excluding tert-OH is 1. The quantitative estimate of drug-likeness (QED) is 0.589. The number of unbranched alkanes of at least 4 members (excludes halogenated alkanes) is 1. The maximum atomic E-state index is 7.00. The first-order valence-corrected chi connectivity index (χ1v) is 3.65. The van der Waals surface area contributed by atoms with Crippen LogP contribution in [0.4, 0.5) is 0 Å². The first-order chi connectivity index (χ1) is 3.41. The van der Waals surface area contributed by atoms with Crippen LogP contribution in [0.15, 0.2) is 0 Å². The van der Waals surface area contributed by atoms with Gasteiger partial charge in [0.1, 0.15) is 0 Å². The SMILES string of the molecule is CCC[CH2][Mg+2].CO.Cl. The van der Waals surface area contributed by atoms with Crippen molar-refractivity contribution in [3.63, 3.8) is 0 Å². The minimum atomic E-state index is 0. The third kappa shape index (κ3) is 27.9. The highest BCUT2D eigenvalue weighted by Gasteiger charge is 2.19.